The van der Waals surface area contributed by atoms with Crippen LogP contribution in [0.4, 0.5) is 8.78 Å². The zero-order valence-electron chi connectivity index (χ0n) is 20.7. The van der Waals surface area contributed by atoms with Crippen molar-refractivity contribution in [3.8, 4) is 17.0 Å². The summed E-state index contributed by atoms with van der Waals surface area (Å²) >= 11 is 6.52. The largest absolute Gasteiger partial charge is 0.434 e. The molecule has 35 heavy (non-hydrogen) atoms. The molecule has 3 N–H and O–H groups in total. The molecule has 7 nitrogen and oxygen atoms in total. The average Bonchev–Trinajstić information content (AvgIpc) is 3.02. The van der Waals surface area contributed by atoms with Gasteiger partial charge < -0.3 is 20.3 Å². The second-order valence-corrected chi connectivity index (χ2v) is 11.1. The third-order valence-corrected chi connectivity index (χ3v) is 6.69. The second kappa shape index (κ2) is 10.4. The Kier molecular flexibility index (Phi) is 8.13. The van der Waals surface area contributed by atoms with Gasteiger partial charge in [0, 0.05) is 19.2 Å². The predicted octanol–water partition coefficient (Wildman–Crippen LogP) is 4.57. The number of hydrogen-bond acceptors (Lipinski definition) is 5. The molecule has 1 aliphatic rings. The number of aliphatic hydroxyl groups is 2. The van der Waals surface area contributed by atoms with Gasteiger partial charge in [0.25, 0.3) is 5.91 Å². The van der Waals surface area contributed by atoms with Gasteiger partial charge in [0.15, 0.2) is 5.69 Å². The lowest BCUT2D eigenvalue weighted by atomic mass is 9.77. The Morgan fingerprint density at radius 3 is 2.69 bits per heavy atom. The summed E-state index contributed by atoms with van der Waals surface area (Å²) in [5.41, 5.74) is -0.271. The molecule has 0 radical (unpaired) electrons. The molecule has 0 bridgehead atoms. The topological polar surface area (TPSA) is 96.6 Å². The number of rotatable bonds is 7. The summed E-state index contributed by atoms with van der Waals surface area (Å²) in [6, 6.07) is 4.99. The molecule has 3 rings (SSSR count). The molecule has 0 saturated heterocycles. The molecule has 0 aliphatic heterocycles. The van der Waals surface area contributed by atoms with Gasteiger partial charge in [0.05, 0.1) is 16.8 Å². The van der Waals surface area contributed by atoms with Gasteiger partial charge in [-0.1, -0.05) is 45.4 Å². The van der Waals surface area contributed by atoms with E-state index in [1.54, 1.807) is 19.2 Å². The summed E-state index contributed by atoms with van der Waals surface area (Å²) in [6.45, 7) is 4.92. The van der Waals surface area contributed by atoms with Gasteiger partial charge >= 0.3 is 6.61 Å². The third-order valence-electron chi connectivity index (χ3n) is 6.33. The summed E-state index contributed by atoms with van der Waals surface area (Å²) in [6.07, 6.45) is 1.22. The number of aryl methyl sites for hydroxylation is 1. The van der Waals surface area contributed by atoms with Gasteiger partial charge in [0.1, 0.15) is 11.4 Å². The van der Waals surface area contributed by atoms with Crippen LogP contribution >= 0.6 is 11.6 Å². The molecule has 1 aliphatic carbocycles. The van der Waals surface area contributed by atoms with E-state index in [1.807, 2.05) is 33.8 Å². The minimum absolute atomic E-state index is 0.0301. The summed E-state index contributed by atoms with van der Waals surface area (Å²) in [7, 11) is 1.55. The number of carbonyl (C=O) groups is 1. The van der Waals surface area contributed by atoms with Gasteiger partial charge in [-0.05, 0) is 54.7 Å². The number of aliphatic hydroxyl groups excluding tert-OH is 1. The number of alkyl halides is 2. The first kappa shape index (κ1) is 27.4. The highest BCUT2D eigenvalue weighted by Crippen LogP contribution is 2.39. The first-order valence-electron chi connectivity index (χ1n) is 11.7. The van der Waals surface area contributed by atoms with Crippen molar-refractivity contribution in [1.82, 2.24) is 15.1 Å². The Morgan fingerprint density at radius 1 is 1.40 bits per heavy atom. The van der Waals surface area contributed by atoms with Crippen molar-refractivity contribution < 1.29 is 28.5 Å². The van der Waals surface area contributed by atoms with E-state index in [4.69, 9.17) is 16.3 Å². The lowest BCUT2D eigenvalue weighted by Gasteiger charge is -2.39. The second-order valence-electron chi connectivity index (χ2n) is 10.8. The van der Waals surface area contributed by atoms with Crippen molar-refractivity contribution in [3.63, 3.8) is 0 Å². The number of nitrogens with zero attached hydrogens (tertiary/aromatic N) is 2. The van der Waals surface area contributed by atoms with E-state index in [9.17, 15) is 23.8 Å². The molecule has 10 heteroatoms. The fourth-order valence-electron chi connectivity index (χ4n) is 4.52. The minimum atomic E-state index is -3.04. The molecular weight excluding hydrogens is 480 g/mol. The summed E-state index contributed by atoms with van der Waals surface area (Å²) in [5, 5.41) is 27.9. The Bertz CT molecular complexity index is 1070. The molecule has 3 atom stereocenters. The minimum Gasteiger partial charge on any atom is -0.434 e. The van der Waals surface area contributed by atoms with Crippen molar-refractivity contribution in [3.05, 3.63) is 34.5 Å². The number of nitrogens with one attached hydrogen (secondary N) is 1. The van der Waals surface area contributed by atoms with Crippen LogP contribution in [0, 0.1) is 11.3 Å². The predicted molar refractivity (Wildman–Crippen MR) is 130 cm³/mol. The Morgan fingerprint density at radius 2 is 2.09 bits per heavy atom. The van der Waals surface area contributed by atoms with E-state index in [0.29, 0.717) is 19.3 Å². The number of carbonyl (C=O) groups excluding carboxylic acids is 1. The SMILES string of the molecule is C[C@H]1CC[C@](O)(CNC(=O)c2nn(C)c(-c3ccc(CC(C)(C)C)cc3OC(F)F)c2Cl)[C@@H](O)C1. The Hall–Kier alpha value is -2.23. The number of amides is 1. The average molecular weight is 514 g/mol. The molecule has 1 fully saturated rings. The lowest BCUT2D eigenvalue weighted by Crippen LogP contribution is -2.54. The monoisotopic (exact) mass is 513 g/mol. The van der Waals surface area contributed by atoms with E-state index in [0.717, 1.165) is 12.0 Å². The maximum atomic E-state index is 13.2. The highest BCUT2D eigenvalue weighted by Gasteiger charge is 2.40. The summed E-state index contributed by atoms with van der Waals surface area (Å²) in [4.78, 5) is 12.9. The highest BCUT2D eigenvalue weighted by atomic mass is 35.5. The smallest absolute Gasteiger partial charge is 0.387 e. The molecule has 1 saturated carbocycles. The molecule has 1 amide bonds. The van der Waals surface area contributed by atoms with Crippen LogP contribution < -0.4 is 10.1 Å². The maximum Gasteiger partial charge on any atom is 0.387 e. The van der Waals surface area contributed by atoms with Crippen LogP contribution in [0.2, 0.25) is 5.02 Å². The van der Waals surface area contributed by atoms with Crippen LogP contribution in [0.3, 0.4) is 0 Å². The molecule has 1 aromatic carbocycles. The van der Waals surface area contributed by atoms with Crippen LogP contribution in [0.5, 0.6) is 5.75 Å². The quantitative estimate of drug-likeness (QED) is 0.504. The number of aromatic nitrogens is 2. The van der Waals surface area contributed by atoms with E-state index >= 15 is 0 Å². The fourth-order valence-corrected chi connectivity index (χ4v) is 4.87. The van der Waals surface area contributed by atoms with Crippen LogP contribution in [-0.2, 0) is 13.5 Å². The van der Waals surface area contributed by atoms with Gasteiger partial charge in [0.2, 0.25) is 0 Å². The van der Waals surface area contributed by atoms with E-state index in [-0.39, 0.29) is 45.6 Å². The standard InChI is InChI=1S/C25H34ClF2N3O4/c1-14-8-9-25(34,18(32)10-14)13-29-22(33)20-19(26)21(31(5)30-20)16-7-6-15(12-24(2,3)4)11-17(16)35-23(27)28/h6-7,11,14,18,23,32,34H,8-10,12-13H2,1-5H3,(H,29,33)/t14-,18-,25-/m0/s1. The van der Waals surface area contributed by atoms with Gasteiger partial charge in [-0.2, -0.15) is 13.9 Å². The van der Waals surface area contributed by atoms with Crippen LogP contribution in [0.1, 0.15) is 63.0 Å². The van der Waals surface area contributed by atoms with E-state index < -0.39 is 24.2 Å². The fraction of sp³-hybridized carbons (Fsp3) is 0.600. The molecule has 2 aromatic rings. The summed E-state index contributed by atoms with van der Waals surface area (Å²) in [5.74, 6) is -0.419. The van der Waals surface area contributed by atoms with Gasteiger partial charge in [-0.15, -0.1) is 0 Å². The molecule has 0 unspecified atom stereocenters. The Balaban J connectivity index is 1.88. The van der Waals surface area contributed by atoms with Crippen molar-refractivity contribution in [2.75, 3.05) is 6.54 Å². The number of hydrogen-bond donors (Lipinski definition) is 3. The number of halogens is 3. The van der Waals surface area contributed by atoms with Gasteiger partial charge in [-0.25, -0.2) is 0 Å². The van der Waals surface area contributed by atoms with Crippen LogP contribution in [-0.4, -0.2) is 50.8 Å². The molecular formula is C25H34ClF2N3O4. The van der Waals surface area contributed by atoms with Crippen molar-refractivity contribution >= 4 is 17.5 Å². The van der Waals surface area contributed by atoms with Gasteiger partial charge in [-0.3, -0.25) is 9.48 Å². The lowest BCUT2D eigenvalue weighted by molar-refractivity contribution is -0.106. The van der Waals surface area contributed by atoms with Crippen molar-refractivity contribution in [1.29, 1.82) is 0 Å². The summed E-state index contributed by atoms with van der Waals surface area (Å²) < 4.78 is 32.5. The first-order chi connectivity index (χ1) is 16.2. The zero-order valence-corrected chi connectivity index (χ0v) is 21.5. The third kappa shape index (κ3) is 6.51. The van der Waals surface area contributed by atoms with Crippen molar-refractivity contribution in [2.45, 2.75) is 71.7 Å². The first-order valence-corrected chi connectivity index (χ1v) is 12.1. The number of benzene rings is 1. The number of ether oxygens (including phenoxy) is 1. The molecule has 0 spiro atoms. The Labute approximate surface area is 209 Å². The molecule has 1 aromatic heterocycles. The van der Waals surface area contributed by atoms with E-state index in [2.05, 4.69) is 10.4 Å². The molecule has 1 heterocycles. The normalized spacial score (nSPS) is 22.9. The van der Waals surface area contributed by atoms with E-state index in [1.165, 1.54) is 4.68 Å². The maximum absolute atomic E-state index is 13.2. The molecule has 194 valence electrons. The van der Waals surface area contributed by atoms with Crippen molar-refractivity contribution in [2.24, 2.45) is 18.4 Å². The van der Waals surface area contributed by atoms with Crippen LogP contribution in [0.15, 0.2) is 18.2 Å². The van der Waals surface area contributed by atoms with Crippen LogP contribution in [0.25, 0.3) is 11.3 Å². The zero-order chi connectivity index (χ0) is 26.1. The highest BCUT2D eigenvalue weighted by molar-refractivity contribution is 6.36.